The molecule has 7 heteroatoms. The van der Waals surface area contributed by atoms with Gasteiger partial charge in [0.2, 0.25) is 23.1 Å². The molecule has 21 heavy (non-hydrogen) atoms. The number of alkyl halides is 3. The maximum atomic E-state index is 12.4. The molecule has 0 aromatic heterocycles. The number of allylic oxidation sites excluding steroid dienone is 4. The molecule has 0 amide bonds. The lowest BCUT2D eigenvalue weighted by molar-refractivity contribution is -0.305. The molecule has 1 rings (SSSR count). The Morgan fingerprint density at radius 1 is 1.14 bits per heavy atom. The van der Waals surface area contributed by atoms with Crippen molar-refractivity contribution in [2.24, 2.45) is 0 Å². The number of ketones is 2. The molecular weight excluding hydrogens is 289 g/mol. The lowest BCUT2D eigenvalue weighted by Crippen LogP contribution is -2.28. The number of carbonyl (C=O) groups excluding carboxylic acids is 2. The van der Waals surface area contributed by atoms with Gasteiger partial charge in [0, 0.05) is 11.1 Å². The van der Waals surface area contributed by atoms with E-state index in [9.17, 15) is 22.8 Å². The molecule has 1 aliphatic carbocycles. The van der Waals surface area contributed by atoms with Crippen molar-refractivity contribution in [3.8, 4) is 0 Å². The van der Waals surface area contributed by atoms with E-state index in [1.807, 2.05) is 0 Å². The fourth-order valence-electron chi connectivity index (χ4n) is 1.77. The maximum Gasteiger partial charge on any atom is 0.573 e. The molecule has 0 bridgehead atoms. The van der Waals surface area contributed by atoms with Gasteiger partial charge in [0.1, 0.15) is 0 Å². The van der Waals surface area contributed by atoms with Crippen molar-refractivity contribution in [1.29, 1.82) is 0 Å². The number of hydrogen-bond acceptors (Lipinski definition) is 4. The summed E-state index contributed by atoms with van der Waals surface area (Å²) in [6.45, 7) is 4.92. The van der Waals surface area contributed by atoms with Gasteiger partial charge in [-0.2, -0.15) is 0 Å². The minimum Gasteiger partial charge on any atom is -0.489 e. The van der Waals surface area contributed by atoms with E-state index in [1.165, 1.54) is 6.92 Å². The van der Waals surface area contributed by atoms with Crippen LogP contribution in [0.4, 0.5) is 13.2 Å². The molecule has 0 fully saturated rings. The summed E-state index contributed by atoms with van der Waals surface area (Å²) in [5, 5.41) is 0. The molecule has 0 heterocycles. The molecule has 1 aliphatic rings. The highest BCUT2D eigenvalue weighted by molar-refractivity contribution is 6.23. The van der Waals surface area contributed by atoms with Crippen molar-refractivity contribution in [2.45, 2.75) is 33.6 Å². The van der Waals surface area contributed by atoms with Gasteiger partial charge in [0.05, 0.1) is 7.11 Å². The number of carbonyl (C=O) groups is 2. The van der Waals surface area contributed by atoms with Gasteiger partial charge in [0.25, 0.3) is 0 Å². The van der Waals surface area contributed by atoms with Crippen LogP contribution in [0.25, 0.3) is 0 Å². The highest BCUT2D eigenvalue weighted by atomic mass is 19.4. The van der Waals surface area contributed by atoms with Gasteiger partial charge in [-0.3, -0.25) is 9.59 Å². The van der Waals surface area contributed by atoms with Crippen LogP contribution >= 0.6 is 0 Å². The molecule has 0 aromatic carbocycles. The molecule has 116 valence electrons. The average molecular weight is 304 g/mol. The van der Waals surface area contributed by atoms with Crippen molar-refractivity contribution >= 4 is 11.6 Å². The van der Waals surface area contributed by atoms with Crippen molar-refractivity contribution < 1.29 is 32.2 Å². The number of halogens is 3. The highest BCUT2D eigenvalue weighted by Gasteiger charge is 2.41. The first-order chi connectivity index (χ1) is 9.58. The van der Waals surface area contributed by atoms with Crippen LogP contribution in [0.5, 0.6) is 0 Å². The van der Waals surface area contributed by atoms with Crippen LogP contribution < -0.4 is 0 Å². The summed E-state index contributed by atoms with van der Waals surface area (Å²) in [6.07, 6.45) is -3.38. The number of methoxy groups -OCH3 is 1. The van der Waals surface area contributed by atoms with Gasteiger partial charge in [-0.1, -0.05) is 11.6 Å². The first-order valence-corrected chi connectivity index (χ1v) is 6.05. The average Bonchev–Trinajstić information content (AvgIpc) is 2.34. The Hall–Kier alpha value is -2.05. The summed E-state index contributed by atoms with van der Waals surface area (Å²) in [5.74, 6) is -3.61. The zero-order chi connectivity index (χ0) is 16.4. The van der Waals surface area contributed by atoms with E-state index in [0.717, 1.165) is 12.7 Å². The van der Waals surface area contributed by atoms with Gasteiger partial charge in [-0.05, 0) is 27.2 Å². The van der Waals surface area contributed by atoms with Gasteiger partial charge >= 0.3 is 6.36 Å². The van der Waals surface area contributed by atoms with Crippen LogP contribution in [0.1, 0.15) is 27.2 Å². The molecule has 0 atom stereocenters. The predicted octanol–water partition coefficient (Wildman–Crippen LogP) is 3.21. The molecule has 0 N–H and O–H groups in total. The maximum absolute atomic E-state index is 12.4. The molecule has 4 nitrogen and oxygen atoms in total. The number of rotatable bonds is 4. The predicted molar refractivity (Wildman–Crippen MR) is 67.9 cm³/mol. The second-order valence-corrected chi connectivity index (χ2v) is 4.66. The van der Waals surface area contributed by atoms with E-state index in [1.54, 1.807) is 19.9 Å². The Kier molecular flexibility index (Phi) is 4.98. The summed E-state index contributed by atoms with van der Waals surface area (Å²) in [7, 11) is 1.01. The third-order valence-corrected chi connectivity index (χ3v) is 2.82. The molecule has 0 radical (unpaired) electrons. The summed E-state index contributed by atoms with van der Waals surface area (Å²) in [6, 6.07) is 0. The quantitative estimate of drug-likeness (QED) is 0.591. The van der Waals surface area contributed by atoms with Crippen LogP contribution in [0.3, 0.4) is 0 Å². The third kappa shape index (κ3) is 3.96. The monoisotopic (exact) mass is 304 g/mol. The highest BCUT2D eigenvalue weighted by Crippen LogP contribution is 2.32. The van der Waals surface area contributed by atoms with Gasteiger partial charge in [0.15, 0.2) is 0 Å². The third-order valence-electron chi connectivity index (χ3n) is 2.82. The molecule has 0 aromatic rings. The molecule has 0 saturated heterocycles. The molecule has 0 aliphatic heterocycles. The van der Waals surface area contributed by atoms with Crippen molar-refractivity contribution in [2.75, 3.05) is 7.11 Å². The summed E-state index contributed by atoms with van der Waals surface area (Å²) < 4.78 is 45.4. The Labute approximate surface area is 119 Å². The second-order valence-electron chi connectivity index (χ2n) is 4.66. The number of Topliss-reactive ketones (excluding diaryl/α,β-unsaturated/α-hetero) is 2. The van der Waals surface area contributed by atoms with E-state index in [0.29, 0.717) is 0 Å². The smallest absolute Gasteiger partial charge is 0.489 e. The normalized spacial score (nSPS) is 16.3. The fraction of sp³-hybridized carbons (Fsp3) is 0.429. The zero-order valence-electron chi connectivity index (χ0n) is 12.1. The van der Waals surface area contributed by atoms with E-state index in [2.05, 4.69) is 9.47 Å². The Bertz CT molecular complexity index is 561. The second kappa shape index (κ2) is 6.15. The van der Waals surface area contributed by atoms with E-state index in [-0.39, 0.29) is 17.6 Å². The molecular formula is C14H15F3O4. The van der Waals surface area contributed by atoms with Crippen LogP contribution in [0, 0.1) is 0 Å². The van der Waals surface area contributed by atoms with Crippen molar-refractivity contribution in [1.82, 2.24) is 0 Å². The van der Waals surface area contributed by atoms with E-state index >= 15 is 0 Å². The fourth-order valence-corrected chi connectivity index (χ4v) is 1.77. The first kappa shape index (κ1) is 17.0. The van der Waals surface area contributed by atoms with Crippen LogP contribution in [-0.4, -0.2) is 25.0 Å². The van der Waals surface area contributed by atoms with Crippen molar-refractivity contribution in [3.05, 3.63) is 34.3 Å². The molecule has 0 unspecified atom stereocenters. The minimum atomic E-state index is -5.08. The SMILES string of the molecule is COC1=C(OC(F)(F)F)C(=O)C(CC=C(C)C)=C(C)C1=O. The standard InChI is InChI=1S/C14H15F3O4/c1-7(2)5-6-9-8(3)10(18)12(20-4)13(11(9)19)21-14(15,16)17/h5H,6H2,1-4H3. The zero-order valence-corrected chi connectivity index (χ0v) is 12.1. The van der Waals surface area contributed by atoms with Gasteiger partial charge in [-0.25, -0.2) is 0 Å². The Morgan fingerprint density at radius 3 is 2.14 bits per heavy atom. The first-order valence-electron chi connectivity index (χ1n) is 6.05. The summed E-state index contributed by atoms with van der Waals surface area (Å²) in [4.78, 5) is 24.1. The minimum absolute atomic E-state index is 0.0266. The van der Waals surface area contributed by atoms with Crippen LogP contribution in [-0.2, 0) is 19.1 Å². The lowest BCUT2D eigenvalue weighted by atomic mass is 9.90. The summed E-state index contributed by atoms with van der Waals surface area (Å²) in [5.41, 5.74) is 0.903. The topological polar surface area (TPSA) is 52.6 Å². The van der Waals surface area contributed by atoms with Crippen LogP contribution in [0.2, 0.25) is 0 Å². The Balaban J connectivity index is 3.29. The van der Waals surface area contributed by atoms with Gasteiger partial charge in [-0.15, -0.1) is 13.2 Å². The van der Waals surface area contributed by atoms with Crippen molar-refractivity contribution in [3.63, 3.8) is 0 Å². The number of hydrogen-bond donors (Lipinski definition) is 0. The van der Waals surface area contributed by atoms with Gasteiger partial charge < -0.3 is 9.47 Å². The summed E-state index contributed by atoms with van der Waals surface area (Å²) >= 11 is 0. The van der Waals surface area contributed by atoms with E-state index in [4.69, 9.17) is 0 Å². The molecule has 0 spiro atoms. The number of ether oxygens (including phenoxy) is 2. The largest absolute Gasteiger partial charge is 0.573 e. The lowest BCUT2D eigenvalue weighted by Gasteiger charge is -2.21. The van der Waals surface area contributed by atoms with E-state index < -0.39 is 29.4 Å². The Morgan fingerprint density at radius 2 is 1.71 bits per heavy atom. The van der Waals surface area contributed by atoms with Crippen LogP contribution in [0.15, 0.2) is 34.3 Å². The molecule has 0 saturated carbocycles.